The molecule has 0 radical (unpaired) electrons. The van der Waals surface area contributed by atoms with Gasteiger partial charge in [0.05, 0.1) is 11.3 Å². The summed E-state index contributed by atoms with van der Waals surface area (Å²) in [6.07, 6.45) is 1.48. The van der Waals surface area contributed by atoms with Gasteiger partial charge in [-0.15, -0.1) is 0 Å². The van der Waals surface area contributed by atoms with Crippen LogP contribution < -0.4 is 9.47 Å². The molecule has 104 valence electrons. The zero-order chi connectivity index (χ0) is 14.5. The van der Waals surface area contributed by atoms with Gasteiger partial charge >= 0.3 is 0 Å². The van der Waals surface area contributed by atoms with Gasteiger partial charge in [0.2, 0.25) is 6.79 Å². The number of aldehydes is 1. The first-order valence-corrected chi connectivity index (χ1v) is 7.85. The molecule has 0 unspecified atom stereocenters. The lowest BCUT2D eigenvalue weighted by Gasteiger charge is -2.02. The van der Waals surface area contributed by atoms with Crippen molar-refractivity contribution >= 4 is 16.1 Å². The quantitative estimate of drug-likeness (QED) is 0.759. The number of ether oxygens (including phenoxy) is 2. The molecule has 6 nitrogen and oxygen atoms in total. The number of nitrogens with zero attached hydrogens (tertiary/aromatic N) is 1. The molecule has 0 bridgehead atoms. The zero-order valence-electron chi connectivity index (χ0n) is 10.6. The number of hydrogen-bond donors (Lipinski definition) is 0. The highest BCUT2D eigenvalue weighted by Crippen LogP contribution is 2.61. The Morgan fingerprint density at radius 3 is 2.65 bits per heavy atom. The Labute approximate surface area is 115 Å². The monoisotopic (exact) mass is 293 g/mol. The van der Waals surface area contributed by atoms with Gasteiger partial charge in [-0.25, -0.2) is 8.42 Å². The Bertz CT molecular complexity index is 736. The van der Waals surface area contributed by atoms with Crippen molar-refractivity contribution in [2.45, 2.75) is 11.2 Å². The number of sulfone groups is 1. The van der Waals surface area contributed by atoms with Gasteiger partial charge in [0.1, 0.15) is 11.7 Å². The minimum atomic E-state index is -3.50. The first kappa shape index (κ1) is 12.9. The predicted octanol–water partition coefficient (Wildman–Crippen LogP) is 0.635. The minimum absolute atomic E-state index is 0.107. The molecule has 7 heteroatoms. The Morgan fingerprint density at radius 1 is 1.40 bits per heavy atom. The van der Waals surface area contributed by atoms with Crippen LogP contribution in [0.5, 0.6) is 11.5 Å². The van der Waals surface area contributed by atoms with Crippen LogP contribution in [0.3, 0.4) is 0 Å². The lowest BCUT2D eigenvalue weighted by atomic mass is 10.0. The molecule has 20 heavy (non-hydrogen) atoms. The number of benzene rings is 1. The maximum atomic E-state index is 11.8. The third-order valence-corrected chi connectivity index (χ3v) is 5.37. The van der Waals surface area contributed by atoms with Crippen LogP contribution in [0, 0.1) is 16.7 Å². The van der Waals surface area contributed by atoms with E-state index in [1.54, 1.807) is 18.2 Å². The van der Waals surface area contributed by atoms with E-state index in [-0.39, 0.29) is 6.79 Å². The molecule has 0 N–H and O–H groups in total. The van der Waals surface area contributed by atoms with Gasteiger partial charge in [-0.3, -0.25) is 0 Å². The van der Waals surface area contributed by atoms with Crippen molar-refractivity contribution in [2.75, 3.05) is 13.0 Å². The Hall–Kier alpha value is -2.07. The van der Waals surface area contributed by atoms with Crippen molar-refractivity contribution in [1.82, 2.24) is 0 Å². The van der Waals surface area contributed by atoms with Crippen LogP contribution in [0.15, 0.2) is 18.2 Å². The fraction of sp³-hybridized carbons (Fsp3) is 0.385. The predicted molar refractivity (Wildman–Crippen MR) is 68.0 cm³/mol. The van der Waals surface area contributed by atoms with E-state index in [1.165, 1.54) is 0 Å². The van der Waals surface area contributed by atoms with E-state index in [1.807, 2.05) is 6.07 Å². The number of carbonyl (C=O) groups is 1. The smallest absolute Gasteiger partial charge is 0.231 e. The molecule has 1 aliphatic carbocycles. The Morgan fingerprint density at radius 2 is 2.10 bits per heavy atom. The molecule has 0 saturated heterocycles. The molecule has 2 aliphatic rings. The van der Waals surface area contributed by atoms with Gasteiger partial charge in [-0.05, 0) is 17.7 Å². The standard InChI is InChI=1S/C13H11NO5S/c1-20(16,17)12-11(13(12,5-14)6-15)8-2-3-9-10(4-8)19-7-18-9/h2-4,6,11-12H,7H2,1H3/t11-,12-,13+/m1/s1. The van der Waals surface area contributed by atoms with E-state index in [0.29, 0.717) is 23.3 Å². The number of carbonyl (C=O) groups excluding carboxylic acids is 1. The van der Waals surface area contributed by atoms with Gasteiger partial charge in [-0.2, -0.15) is 5.26 Å². The topological polar surface area (TPSA) is 93.5 Å². The highest BCUT2D eigenvalue weighted by molar-refractivity contribution is 7.91. The second-order valence-electron chi connectivity index (χ2n) is 5.00. The summed E-state index contributed by atoms with van der Waals surface area (Å²) in [5.41, 5.74) is -0.903. The van der Waals surface area contributed by atoms with Crippen LogP contribution in [0.2, 0.25) is 0 Å². The van der Waals surface area contributed by atoms with Crippen LogP contribution in [-0.4, -0.2) is 33.0 Å². The van der Waals surface area contributed by atoms with Gasteiger partial charge in [0, 0.05) is 12.2 Å². The van der Waals surface area contributed by atoms with Crippen LogP contribution in [0.1, 0.15) is 11.5 Å². The normalized spacial score (nSPS) is 30.6. The van der Waals surface area contributed by atoms with Crippen molar-refractivity contribution in [3.05, 3.63) is 23.8 Å². The molecule has 0 aromatic heterocycles. The Balaban J connectivity index is 2.06. The molecule has 3 atom stereocenters. The second kappa shape index (κ2) is 3.96. The van der Waals surface area contributed by atoms with Crippen LogP contribution in [0.4, 0.5) is 0 Å². The second-order valence-corrected chi connectivity index (χ2v) is 7.17. The lowest BCUT2D eigenvalue weighted by Crippen LogP contribution is -2.14. The van der Waals surface area contributed by atoms with Crippen LogP contribution in [0.25, 0.3) is 0 Å². The number of hydrogen-bond acceptors (Lipinski definition) is 6. The first-order chi connectivity index (χ1) is 9.44. The summed E-state index contributed by atoms with van der Waals surface area (Å²) < 4.78 is 34.0. The van der Waals surface area contributed by atoms with E-state index in [0.717, 1.165) is 6.26 Å². The molecule has 1 aromatic rings. The van der Waals surface area contributed by atoms with Crippen molar-refractivity contribution in [1.29, 1.82) is 5.26 Å². The van der Waals surface area contributed by atoms with Crippen LogP contribution in [-0.2, 0) is 14.6 Å². The van der Waals surface area contributed by atoms with Gasteiger partial charge < -0.3 is 14.3 Å². The SMILES string of the molecule is CS(=O)(=O)[C@@H]1[C@@H](c2ccc3c(c2)OCO3)[C@]1(C#N)C=O. The van der Waals surface area contributed by atoms with Crippen molar-refractivity contribution < 1.29 is 22.7 Å². The van der Waals surface area contributed by atoms with E-state index in [9.17, 15) is 18.5 Å². The molecular weight excluding hydrogens is 282 g/mol. The molecule has 0 spiro atoms. The zero-order valence-corrected chi connectivity index (χ0v) is 11.4. The number of fused-ring (bicyclic) bond motifs is 1. The van der Waals surface area contributed by atoms with E-state index in [4.69, 9.17) is 9.47 Å². The average molecular weight is 293 g/mol. The molecule has 0 amide bonds. The van der Waals surface area contributed by atoms with Gasteiger partial charge in [0.15, 0.2) is 21.3 Å². The van der Waals surface area contributed by atoms with Crippen molar-refractivity contribution in [2.24, 2.45) is 5.41 Å². The summed E-state index contributed by atoms with van der Waals surface area (Å²) >= 11 is 0. The lowest BCUT2D eigenvalue weighted by molar-refractivity contribution is -0.110. The third-order valence-electron chi connectivity index (χ3n) is 3.78. The highest BCUT2D eigenvalue weighted by atomic mass is 32.2. The largest absolute Gasteiger partial charge is 0.454 e. The molecule has 1 aromatic carbocycles. The maximum absolute atomic E-state index is 11.8. The molecule has 1 fully saturated rings. The van der Waals surface area contributed by atoms with Crippen molar-refractivity contribution in [3.63, 3.8) is 0 Å². The van der Waals surface area contributed by atoms with Crippen LogP contribution >= 0.6 is 0 Å². The molecule has 3 rings (SSSR count). The average Bonchev–Trinajstić information content (AvgIpc) is 2.89. The van der Waals surface area contributed by atoms with Crippen molar-refractivity contribution in [3.8, 4) is 17.6 Å². The summed E-state index contributed by atoms with van der Waals surface area (Å²) in [7, 11) is -3.50. The minimum Gasteiger partial charge on any atom is -0.454 e. The highest BCUT2D eigenvalue weighted by Gasteiger charge is 2.71. The summed E-state index contributed by atoms with van der Waals surface area (Å²) in [6.45, 7) is 0.107. The van der Waals surface area contributed by atoms with E-state index >= 15 is 0 Å². The molecule has 1 heterocycles. The maximum Gasteiger partial charge on any atom is 0.231 e. The summed E-state index contributed by atoms with van der Waals surface area (Å²) in [4.78, 5) is 11.3. The fourth-order valence-electron chi connectivity index (χ4n) is 2.83. The Kier molecular flexibility index (Phi) is 2.56. The first-order valence-electron chi connectivity index (χ1n) is 5.90. The molecule has 1 saturated carbocycles. The number of nitriles is 1. The summed E-state index contributed by atoms with van der Waals surface area (Å²) in [5, 5.41) is 8.21. The fourth-order valence-corrected chi connectivity index (χ4v) is 4.59. The summed E-state index contributed by atoms with van der Waals surface area (Å²) in [6, 6.07) is 6.81. The van der Waals surface area contributed by atoms with E-state index in [2.05, 4.69) is 0 Å². The molecular formula is C13H11NO5S. The van der Waals surface area contributed by atoms with E-state index < -0.39 is 26.4 Å². The van der Waals surface area contributed by atoms with Gasteiger partial charge in [-0.1, -0.05) is 6.07 Å². The number of rotatable bonds is 3. The van der Waals surface area contributed by atoms with Gasteiger partial charge in [0.25, 0.3) is 0 Å². The third kappa shape index (κ3) is 1.61. The molecule has 1 aliphatic heterocycles. The summed E-state index contributed by atoms with van der Waals surface area (Å²) in [5.74, 6) is 0.410.